The summed E-state index contributed by atoms with van der Waals surface area (Å²) >= 11 is 3.23. The number of halogens is 1. The minimum atomic E-state index is -3.60. The molecule has 5 nitrogen and oxygen atoms in total. The molecule has 2 rings (SSSR count). The molecule has 0 radical (unpaired) electrons. The van der Waals surface area contributed by atoms with E-state index in [0.29, 0.717) is 16.8 Å². The van der Waals surface area contributed by atoms with Gasteiger partial charge in [-0.3, -0.25) is 0 Å². The van der Waals surface area contributed by atoms with Gasteiger partial charge >= 0.3 is 0 Å². The Bertz CT molecular complexity index is 568. The summed E-state index contributed by atoms with van der Waals surface area (Å²) in [6.07, 6.45) is 1.81. The van der Waals surface area contributed by atoms with Gasteiger partial charge < -0.3 is 10.5 Å². The molecule has 0 aromatic heterocycles. The molecule has 1 aromatic carbocycles. The molecule has 1 aromatic rings. The molecule has 1 aliphatic heterocycles. The highest BCUT2D eigenvalue weighted by molar-refractivity contribution is 9.10. The van der Waals surface area contributed by atoms with Crippen LogP contribution in [0.1, 0.15) is 19.8 Å². The Morgan fingerprint density at radius 3 is 2.89 bits per heavy atom. The van der Waals surface area contributed by atoms with Crippen LogP contribution in [0, 0.1) is 0 Å². The van der Waals surface area contributed by atoms with Crippen LogP contribution in [0.5, 0.6) is 0 Å². The van der Waals surface area contributed by atoms with Crippen molar-refractivity contribution in [3.63, 3.8) is 0 Å². The summed E-state index contributed by atoms with van der Waals surface area (Å²) in [6, 6.07) is 4.70. The van der Waals surface area contributed by atoms with E-state index in [4.69, 9.17) is 10.5 Å². The van der Waals surface area contributed by atoms with Crippen LogP contribution in [-0.4, -0.2) is 27.2 Å². The Balaban J connectivity index is 2.16. The van der Waals surface area contributed by atoms with Crippen LogP contribution in [-0.2, 0) is 14.8 Å². The fraction of sp³-hybridized carbons (Fsp3) is 0.500. The maximum absolute atomic E-state index is 12.3. The topological polar surface area (TPSA) is 81.4 Å². The van der Waals surface area contributed by atoms with Gasteiger partial charge in [0.1, 0.15) is 0 Å². The van der Waals surface area contributed by atoms with Crippen molar-refractivity contribution in [1.29, 1.82) is 0 Å². The van der Waals surface area contributed by atoms with Crippen molar-refractivity contribution in [2.75, 3.05) is 18.9 Å². The third kappa shape index (κ3) is 3.47. The average Bonchev–Trinajstić information content (AvgIpc) is 2.78. The van der Waals surface area contributed by atoms with E-state index in [9.17, 15) is 8.42 Å². The molecule has 1 atom stereocenters. The fourth-order valence-electron chi connectivity index (χ4n) is 2.03. The standard InChI is InChI=1S/C12H17BrN2O3S/c1-12(5-2-6-18-12)8-15-19(16,17)11-7-9(14)3-4-10(11)13/h3-4,7,15H,2,5-6,8,14H2,1H3. The lowest BCUT2D eigenvalue weighted by Crippen LogP contribution is -2.40. The first-order valence-electron chi connectivity index (χ1n) is 6.01. The number of hydrogen-bond donors (Lipinski definition) is 2. The molecule has 3 N–H and O–H groups in total. The lowest BCUT2D eigenvalue weighted by atomic mass is 10.0. The molecule has 0 bridgehead atoms. The number of nitrogen functional groups attached to an aromatic ring is 1. The quantitative estimate of drug-likeness (QED) is 0.814. The molecule has 1 aliphatic rings. The maximum Gasteiger partial charge on any atom is 0.241 e. The van der Waals surface area contributed by atoms with Gasteiger partial charge in [0.2, 0.25) is 10.0 Å². The van der Waals surface area contributed by atoms with Crippen LogP contribution in [0.15, 0.2) is 27.6 Å². The minimum Gasteiger partial charge on any atom is -0.399 e. The normalized spacial score (nSPS) is 23.7. The van der Waals surface area contributed by atoms with E-state index in [-0.39, 0.29) is 11.4 Å². The lowest BCUT2D eigenvalue weighted by Gasteiger charge is -2.23. The molecule has 19 heavy (non-hydrogen) atoms. The molecule has 0 saturated carbocycles. The molecule has 1 saturated heterocycles. The van der Waals surface area contributed by atoms with Crippen LogP contribution in [0.25, 0.3) is 0 Å². The van der Waals surface area contributed by atoms with E-state index in [0.717, 1.165) is 12.8 Å². The number of benzene rings is 1. The van der Waals surface area contributed by atoms with Crippen LogP contribution < -0.4 is 10.5 Å². The molecule has 1 fully saturated rings. The summed E-state index contributed by atoms with van der Waals surface area (Å²) in [5, 5.41) is 0. The summed E-state index contributed by atoms with van der Waals surface area (Å²) in [6.45, 7) is 2.85. The van der Waals surface area contributed by atoms with Crippen molar-refractivity contribution in [2.24, 2.45) is 0 Å². The number of nitrogens with one attached hydrogen (secondary N) is 1. The van der Waals surface area contributed by atoms with Crippen molar-refractivity contribution in [3.05, 3.63) is 22.7 Å². The number of hydrogen-bond acceptors (Lipinski definition) is 4. The monoisotopic (exact) mass is 348 g/mol. The van der Waals surface area contributed by atoms with Gasteiger partial charge in [0, 0.05) is 23.3 Å². The molecule has 106 valence electrons. The van der Waals surface area contributed by atoms with Gasteiger partial charge in [-0.05, 0) is 53.9 Å². The van der Waals surface area contributed by atoms with Gasteiger partial charge in [-0.1, -0.05) is 0 Å². The first-order chi connectivity index (χ1) is 8.82. The van der Waals surface area contributed by atoms with Crippen molar-refractivity contribution in [1.82, 2.24) is 4.72 Å². The van der Waals surface area contributed by atoms with E-state index in [2.05, 4.69) is 20.7 Å². The van der Waals surface area contributed by atoms with Gasteiger partial charge in [0.15, 0.2) is 0 Å². The molecule has 0 aliphatic carbocycles. The van der Waals surface area contributed by atoms with Crippen molar-refractivity contribution >= 4 is 31.6 Å². The van der Waals surface area contributed by atoms with Crippen molar-refractivity contribution in [3.8, 4) is 0 Å². The van der Waals surface area contributed by atoms with Gasteiger partial charge in [-0.2, -0.15) is 0 Å². The SMILES string of the molecule is CC1(CNS(=O)(=O)c2cc(N)ccc2Br)CCCO1. The first kappa shape index (κ1) is 14.8. The van der Waals surface area contributed by atoms with Gasteiger partial charge in [-0.25, -0.2) is 13.1 Å². The van der Waals surface area contributed by atoms with Gasteiger partial charge in [0.25, 0.3) is 0 Å². The first-order valence-corrected chi connectivity index (χ1v) is 8.29. The van der Waals surface area contributed by atoms with Gasteiger partial charge in [0.05, 0.1) is 10.5 Å². The van der Waals surface area contributed by atoms with E-state index in [1.807, 2.05) is 6.92 Å². The predicted molar refractivity (Wildman–Crippen MR) is 77.3 cm³/mol. The van der Waals surface area contributed by atoms with Gasteiger partial charge in [-0.15, -0.1) is 0 Å². The second-order valence-electron chi connectivity index (χ2n) is 4.92. The second kappa shape index (κ2) is 5.40. The summed E-state index contributed by atoms with van der Waals surface area (Å²) in [5.74, 6) is 0. The van der Waals surface area contributed by atoms with Crippen molar-refractivity contribution < 1.29 is 13.2 Å². The van der Waals surface area contributed by atoms with Crippen LogP contribution >= 0.6 is 15.9 Å². The number of sulfonamides is 1. The van der Waals surface area contributed by atoms with E-state index in [1.54, 1.807) is 12.1 Å². The molecule has 0 amide bonds. The number of rotatable bonds is 4. The molecular formula is C12H17BrN2O3S. The highest BCUT2D eigenvalue weighted by atomic mass is 79.9. The van der Waals surface area contributed by atoms with E-state index >= 15 is 0 Å². The fourth-order valence-corrected chi connectivity index (χ4v) is 4.18. The highest BCUT2D eigenvalue weighted by Crippen LogP contribution is 2.27. The van der Waals surface area contributed by atoms with Crippen LogP contribution in [0.3, 0.4) is 0 Å². The Morgan fingerprint density at radius 2 is 2.26 bits per heavy atom. The molecule has 1 heterocycles. The minimum absolute atomic E-state index is 0.147. The zero-order chi connectivity index (χ0) is 14.1. The smallest absolute Gasteiger partial charge is 0.241 e. The highest BCUT2D eigenvalue weighted by Gasteiger charge is 2.31. The third-order valence-corrected chi connectivity index (χ3v) is 5.58. The van der Waals surface area contributed by atoms with E-state index in [1.165, 1.54) is 6.07 Å². The Hall–Kier alpha value is -0.630. The average molecular weight is 349 g/mol. The largest absolute Gasteiger partial charge is 0.399 e. The Morgan fingerprint density at radius 1 is 1.53 bits per heavy atom. The third-order valence-electron chi connectivity index (χ3n) is 3.18. The molecular weight excluding hydrogens is 332 g/mol. The Labute approximate surface area is 121 Å². The number of anilines is 1. The number of nitrogens with two attached hydrogens (primary N) is 1. The lowest BCUT2D eigenvalue weighted by molar-refractivity contribution is 0.0250. The second-order valence-corrected chi connectivity index (χ2v) is 7.51. The number of ether oxygens (including phenoxy) is 1. The molecule has 1 unspecified atom stereocenters. The molecule has 0 spiro atoms. The predicted octanol–water partition coefficient (Wildman–Crippen LogP) is 1.88. The Kier molecular flexibility index (Phi) is 4.20. The molecule has 7 heteroatoms. The van der Waals surface area contributed by atoms with Crippen LogP contribution in [0.4, 0.5) is 5.69 Å². The van der Waals surface area contributed by atoms with E-state index < -0.39 is 15.6 Å². The van der Waals surface area contributed by atoms with Crippen molar-refractivity contribution in [2.45, 2.75) is 30.3 Å². The maximum atomic E-state index is 12.3. The summed E-state index contributed by atoms with van der Waals surface area (Å²) in [5.41, 5.74) is 5.62. The summed E-state index contributed by atoms with van der Waals surface area (Å²) in [4.78, 5) is 0.147. The zero-order valence-corrected chi connectivity index (χ0v) is 13.1. The summed E-state index contributed by atoms with van der Waals surface area (Å²) < 4.78 is 33.1. The summed E-state index contributed by atoms with van der Waals surface area (Å²) in [7, 11) is -3.60. The van der Waals surface area contributed by atoms with Crippen LogP contribution in [0.2, 0.25) is 0 Å². The zero-order valence-electron chi connectivity index (χ0n) is 10.6.